The first-order valence-corrected chi connectivity index (χ1v) is 10.8. The number of carbonyl (C=O) groups is 1. The minimum absolute atomic E-state index is 0.102. The first kappa shape index (κ1) is 19.9. The average Bonchev–Trinajstić information content (AvgIpc) is 2.73. The highest BCUT2D eigenvalue weighted by molar-refractivity contribution is 5.89. The van der Waals surface area contributed by atoms with E-state index in [-0.39, 0.29) is 12.1 Å². The lowest BCUT2D eigenvalue weighted by atomic mass is 9.82. The number of carbonyl (C=O) groups excluding carboxylic acids is 1. The lowest BCUT2D eigenvalue weighted by Gasteiger charge is -2.27. The van der Waals surface area contributed by atoms with Crippen molar-refractivity contribution in [2.45, 2.75) is 70.8 Å². The summed E-state index contributed by atoms with van der Waals surface area (Å²) in [5, 5.41) is 0. The Kier molecular flexibility index (Phi) is 7.32. The third-order valence-electron chi connectivity index (χ3n) is 6.50. The van der Waals surface area contributed by atoms with E-state index in [1.807, 2.05) is 24.3 Å². The van der Waals surface area contributed by atoms with E-state index in [0.29, 0.717) is 17.4 Å². The summed E-state index contributed by atoms with van der Waals surface area (Å²) in [4.78, 5) is 12.4. The number of benzene rings is 1. The molecule has 0 N–H and O–H groups in total. The van der Waals surface area contributed by atoms with Crippen LogP contribution < -0.4 is 0 Å². The molecule has 2 fully saturated rings. The van der Waals surface area contributed by atoms with E-state index in [1.165, 1.54) is 44.9 Å². The zero-order valence-corrected chi connectivity index (χ0v) is 16.7. The van der Waals surface area contributed by atoms with E-state index in [1.54, 1.807) is 0 Å². The molecule has 0 aliphatic heterocycles. The van der Waals surface area contributed by atoms with E-state index in [4.69, 9.17) is 4.74 Å². The quantitative estimate of drug-likeness (QED) is 0.408. The summed E-state index contributed by atoms with van der Waals surface area (Å²) in [6.45, 7) is 6.16. The van der Waals surface area contributed by atoms with Gasteiger partial charge in [-0.2, -0.15) is 0 Å². The fraction of sp³-hybridized carbons (Fsp3) is 0.560. The van der Waals surface area contributed by atoms with Crippen LogP contribution in [0.1, 0.15) is 80.6 Å². The van der Waals surface area contributed by atoms with Crippen LogP contribution in [0.3, 0.4) is 0 Å². The predicted octanol–water partition coefficient (Wildman–Crippen LogP) is 6.82. The molecule has 3 rings (SSSR count). The van der Waals surface area contributed by atoms with Gasteiger partial charge in [-0.15, -0.1) is 6.58 Å². The van der Waals surface area contributed by atoms with Crippen LogP contribution in [0, 0.1) is 17.8 Å². The maximum absolute atomic E-state index is 12.4. The molecule has 1 aromatic carbocycles. The smallest absolute Gasteiger partial charge is 0.338 e. The van der Waals surface area contributed by atoms with Crippen molar-refractivity contribution in [3.05, 3.63) is 54.1 Å². The Hall–Kier alpha value is -1.83. The Balaban J connectivity index is 1.47. The number of ether oxygens (including phenoxy) is 1. The number of hydrogen-bond acceptors (Lipinski definition) is 2. The second kappa shape index (κ2) is 9.92. The Bertz CT molecular complexity index is 627. The Morgan fingerprint density at radius 3 is 2.22 bits per heavy atom. The van der Waals surface area contributed by atoms with Crippen molar-refractivity contribution in [3.63, 3.8) is 0 Å². The molecule has 2 aliphatic carbocycles. The van der Waals surface area contributed by atoms with E-state index in [2.05, 4.69) is 31.7 Å². The number of hydrogen-bond donors (Lipinski definition) is 0. The molecule has 2 nitrogen and oxygen atoms in total. The van der Waals surface area contributed by atoms with Gasteiger partial charge in [0.1, 0.15) is 6.10 Å². The van der Waals surface area contributed by atoms with Crippen LogP contribution >= 0.6 is 0 Å². The SMILES string of the molecule is C=CC1CCC(C=Cc2ccc(C(=O)OC3CCC(CC)CC3)cc2)CC1. The summed E-state index contributed by atoms with van der Waals surface area (Å²) in [7, 11) is 0. The van der Waals surface area contributed by atoms with Crippen molar-refractivity contribution in [2.75, 3.05) is 0 Å². The normalized spacial score (nSPS) is 28.8. The van der Waals surface area contributed by atoms with E-state index < -0.39 is 0 Å². The van der Waals surface area contributed by atoms with Gasteiger partial charge >= 0.3 is 5.97 Å². The average molecular weight is 367 g/mol. The van der Waals surface area contributed by atoms with Crippen molar-refractivity contribution in [1.29, 1.82) is 0 Å². The highest BCUT2D eigenvalue weighted by Gasteiger charge is 2.23. The van der Waals surface area contributed by atoms with Crippen molar-refractivity contribution in [1.82, 2.24) is 0 Å². The van der Waals surface area contributed by atoms with Crippen LogP contribution in [0.5, 0.6) is 0 Å². The van der Waals surface area contributed by atoms with Gasteiger partial charge in [-0.05, 0) is 86.8 Å². The van der Waals surface area contributed by atoms with Gasteiger partial charge in [0.2, 0.25) is 0 Å². The van der Waals surface area contributed by atoms with Crippen LogP contribution in [0.25, 0.3) is 6.08 Å². The van der Waals surface area contributed by atoms with E-state index >= 15 is 0 Å². The van der Waals surface area contributed by atoms with E-state index in [9.17, 15) is 4.79 Å². The summed E-state index contributed by atoms with van der Waals surface area (Å²) in [6, 6.07) is 7.84. The molecular weight excluding hydrogens is 332 g/mol. The minimum Gasteiger partial charge on any atom is -0.459 e. The van der Waals surface area contributed by atoms with Crippen LogP contribution in [0.4, 0.5) is 0 Å². The van der Waals surface area contributed by atoms with Crippen molar-refractivity contribution in [3.8, 4) is 0 Å². The maximum Gasteiger partial charge on any atom is 0.338 e. The molecule has 0 aromatic heterocycles. The van der Waals surface area contributed by atoms with Gasteiger partial charge in [-0.1, -0.05) is 43.7 Å². The largest absolute Gasteiger partial charge is 0.459 e. The lowest BCUT2D eigenvalue weighted by Crippen LogP contribution is -2.24. The first-order chi connectivity index (χ1) is 13.2. The standard InChI is InChI=1S/C25H34O2/c1-3-19-5-7-21(8-6-19)9-10-22-11-15-23(16-12-22)25(26)27-24-17-13-20(4-2)14-18-24/h3,9-12,15-16,19-21,24H,1,4-8,13-14,17-18H2,2H3. The number of esters is 1. The predicted molar refractivity (Wildman–Crippen MR) is 113 cm³/mol. The van der Waals surface area contributed by atoms with Gasteiger partial charge in [0.05, 0.1) is 5.56 Å². The molecule has 0 amide bonds. The Labute approximate surface area is 164 Å². The highest BCUT2D eigenvalue weighted by atomic mass is 16.5. The zero-order chi connectivity index (χ0) is 19.1. The van der Waals surface area contributed by atoms with Gasteiger partial charge in [-0.3, -0.25) is 0 Å². The van der Waals surface area contributed by atoms with Gasteiger partial charge in [-0.25, -0.2) is 4.79 Å². The molecule has 0 bridgehead atoms. The van der Waals surface area contributed by atoms with Crippen molar-refractivity contribution >= 4 is 12.0 Å². The number of allylic oxidation sites excluding steroid dienone is 2. The topological polar surface area (TPSA) is 26.3 Å². The molecule has 146 valence electrons. The molecule has 0 spiro atoms. The summed E-state index contributed by atoms with van der Waals surface area (Å²) < 4.78 is 5.72. The molecule has 0 unspecified atom stereocenters. The van der Waals surface area contributed by atoms with E-state index in [0.717, 1.165) is 24.3 Å². The lowest BCUT2D eigenvalue weighted by molar-refractivity contribution is 0.0164. The second-order valence-electron chi connectivity index (χ2n) is 8.35. The molecule has 2 aliphatic rings. The Morgan fingerprint density at radius 1 is 1.00 bits per heavy atom. The van der Waals surface area contributed by atoms with Crippen molar-refractivity contribution in [2.24, 2.45) is 17.8 Å². The Morgan fingerprint density at radius 2 is 1.63 bits per heavy atom. The van der Waals surface area contributed by atoms with Gasteiger partial charge < -0.3 is 4.74 Å². The minimum atomic E-state index is -0.173. The second-order valence-corrected chi connectivity index (χ2v) is 8.35. The summed E-state index contributed by atoms with van der Waals surface area (Å²) in [5.41, 5.74) is 1.82. The zero-order valence-electron chi connectivity index (χ0n) is 16.7. The van der Waals surface area contributed by atoms with Crippen LogP contribution in [0.15, 0.2) is 43.0 Å². The molecule has 2 saturated carbocycles. The molecule has 0 radical (unpaired) electrons. The van der Waals surface area contributed by atoms with Crippen LogP contribution in [-0.2, 0) is 4.74 Å². The fourth-order valence-electron chi connectivity index (χ4n) is 4.43. The molecular formula is C25H34O2. The monoisotopic (exact) mass is 366 g/mol. The summed E-state index contributed by atoms with van der Waals surface area (Å²) in [6.07, 6.45) is 17.4. The summed E-state index contributed by atoms with van der Waals surface area (Å²) in [5.74, 6) is 2.02. The van der Waals surface area contributed by atoms with Crippen LogP contribution in [-0.4, -0.2) is 12.1 Å². The summed E-state index contributed by atoms with van der Waals surface area (Å²) >= 11 is 0. The molecule has 0 saturated heterocycles. The van der Waals surface area contributed by atoms with Crippen molar-refractivity contribution < 1.29 is 9.53 Å². The van der Waals surface area contributed by atoms with Gasteiger partial charge in [0, 0.05) is 0 Å². The molecule has 27 heavy (non-hydrogen) atoms. The van der Waals surface area contributed by atoms with Crippen LogP contribution in [0.2, 0.25) is 0 Å². The van der Waals surface area contributed by atoms with Gasteiger partial charge in [0.25, 0.3) is 0 Å². The first-order valence-electron chi connectivity index (χ1n) is 10.8. The third kappa shape index (κ3) is 5.82. The third-order valence-corrected chi connectivity index (χ3v) is 6.50. The molecule has 0 atom stereocenters. The number of rotatable bonds is 6. The van der Waals surface area contributed by atoms with Gasteiger partial charge in [0.15, 0.2) is 0 Å². The molecule has 0 heterocycles. The molecule has 1 aromatic rings. The fourth-order valence-corrected chi connectivity index (χ4v) is 4.43. The molecule has 2 heteroatoms. The maximum atomic E-state index is 12.4. The highest BCUT2D eigenvalue weighted by Crippen LogP contribution is 2.31.